The van der Waals surface area contributed by atoms with Crippen molar-refractivity contribution in [3.63, 3.8) is 0 Å². The number of hydrogen-bond donors (Lipinski definition) is 1. The van der Waals surface area contributed by atoms with Gasteiger partial charge in [0, 0.05) is 6.04 Å². The predicted molar refractivity (Wildman–Crippen MR) is 81.9 cm³/mol. The van der Waals surface area contributed by atoms with Crippen LogP contribution >= 0.6 is 0 Å². The summed E-state index contributed by atoms with van der Waals surface area (Å²) in [6, 6.07) is 0.744. The lowest BCUT2D eigenvalue weighted by atomic mass is 9.95. The second kappa shape index (κ2) is 8.96. The van der Waals surface area contributed by atoms with Gasteiger partial charge in [0.25, 0.3) is 0 Å². The van der Waals surface area contributed by atoms with Crippen LogP contribution in [-0.4, -0.2) is 12.6 Å². The van der Waals surface area contributed by atoms with E-state index in [9.17, 15) is 0 Å². The van der Waals surface area contributed by atoms with Crippen molar-refractivity contribution in [1.29, 1.82) is 0 Å². The summed E-state index contributed by atoms with van der Waals surface area (Å²) in [5.74, 6) is 2.69. The molecule has 1 aliphatic rings. The average Bonchev–Trinajstić information content (AvgIpc) is 2.75. The molecule has 0 unspecified atom stereocenters. The summed E-state index contributed by atoms with van der Waals surface area (Å²) >= 11 is 0. The van der Waals surface area contributed by atoms with Gasteiger partial charge in [-0.25, -0.2) is 0 Å². The number of rotatable bonds is 9. The quantitative estimate of drug-likeness (QED) is 0.570. The molecule has 0 aromatic rings. The van der Waals surface area contributed by atoms with Crippen LogP contribution in [0.25, 0.3) is 0 Å². The minimum absolute atomic E-state index is 0.744. The Morgan fingerprint density at radius 1 is 0.944 bits per heavy atom. The maximum absolute atomic E-state index is 3.81. The molecule has 0 heterocycles. The monoisotopic (exact) mass is 253 g/mol. The van der Waals surface area contributed by atoms with Crippen molar-refractivity contribution in [1.82, 2.24) is 5.32 Å². The summed E-state index contributed by atoms with van der Waals surface area (Å²) in [4.78, 5) is 0. The molecule has 108 valence electrons. The van der Waals surface area contributed by atoms with Crippen LogP contribution in [0.3, 0.4) is 0 Å². The van der Waals surface area contributed by atoms with Crippen molar-refractivity contribution in [2.75, 3.05) is 6.54 Å². The standard InChI is InChI=1S/C17H35N/c1-14(2)12-17(13-15(3)4)18-11-7-10-16-8-5-6-9-16/h14-18H,5-13H2,1-4H3. The van der Waals surface area contributed by atoms with Gasteiger partial charge in [0.15, 0.2) is 0 Å². The van der Waals surface area contributed by atoms with Crippen molar-refractivity contribution in [2.24, 2.45) is 17.8 Å². The summed E-state index contributed by atoms with van der Waals surface area (Å²) in [6.07, 6.45) is 11.5. The van der Waals surface area contributed by atoms with E-state index < -0.39 is 0 Å². The first kappa shape index (κ1) is 16.0. The first-order valence-corrected chi connectivity index (χ1v) is 8.31. The van der Waals surface area contributed by atoms with Crippen LogP contribution in [-0.2, 0) is 0 Å². The van der Waals surface area contributed by atoms with E-state index in [0.717, 1.165) is 23.8 Å². The third kappa shape index (κ3) is 7.41. The zero-order valence-electron chi connectivity index (χ0n) is 13.2. The van der Waals surface area contributed by atoms with E-state index in [-0.39, 0.29) is 0 Å². The van der Waals surface area contributed by atoms with Crippen molar-refractivity contribution in [2.45, 2.75) is 85.1 Å². The lowest BCUT2D eigenvalue weighted by molar-refractivity contribution is 0.351. The summed E-state index contributed by atoms with van der Waals surface area (Å²) in [7, 11) is 0. The maximum Gasteiger partial charge on any atom is 0.00719 e. The minimum Gasteiger partial charge on any atom is -0.314 e. The highest BCUT2D eigenvalue weighted by Crippen LogP contribution is 2.28. The van der Waals surface area contributed by atoms with Crippen molar-refractivity contribution >= 4 is 0 Å². The average molecular weight is 253 g/mol. The van der Waals surface area contributed by atoms with Gasteiger partial charge in [-0.05, 0) is 50.0 Å². The highest BCUT2D eigenvalue weighted by molar-refractivity contribution is 4.72. The molecule has 1 nitrogen and oxygen atoms in total. The molecule has 1 N–H and O–H groups in total. The molecule has 0 aromatic heterocycles. The summed E-state index contributed by atoms with van der Waals surface area (Å²) in [5, 5.41) is 3.81. The molecule has 1 saturated carbocycles. The summed E-state index contributed by atoms with van der Waals surface area (Å²) < 4.78 is 0. The maximum atomic E-state index is 3.81. The summed E-state index contributed by atoms with van der Waals surface area (Å²) in [6.45, 7) is 10.6. The first-order valence-electron chi connectivity index (χ1n) is 8.31. The predicted octanol–water partition coefficient (Wildman–Crippen LogP) is 5.01. The smallest absolute Gasteiger partial charge is 0.00719 e. The molecule has 1 aliphatic carbocycles. The molecule has 1 fully saturated rings. The Balaban J connectivity index is 2.11. The Morgan fingerprint density at radius 2 is 1.50 bits per heavy atom. The SMILES string of the molecule is CC(C)CC(CC(C)C)NCCCC1CCCC1. The fraction of sp³-hybridized carbons (Fsp3) is 1.00. The Labute approximate surface area is 115 Å². The molecule has 0 atom stereocenters. The van der Waals surface area contributed by atoms with E-state index in [1.54, 1.807) is 0 Å². The normalized spacial score (nSPS) is 17.5. The molecule has 0 radical (unpaired) electrons. The van der Waals surface area contributed by atoms with Gasteiger partial charge in [0.2, 0.25) is 0 Å². The van der Waals surface area contributed by atoms with Gasteiger partial charge < -0.3 is 5.32 Å². The van der Waals surface area contributed by atoms with E-state index in [1.807, 2.05) is 0 Å². The molecular weight excluding hydrogens is 218 g/mol. The van der Waals surface area contributed by atoms with E-state index in [2.05, 4.69) is 33.0 Å². The zero-order valence-corrected chi connectivity index (χ0v) is 13.2. The van der Waals surface area contributed by atoms with Crippen molar-refractivity contribution < 1.29 is 0 Å². The van der Waals surface area contributed by atoms with Crippen LogP contribution < -0.4 is 5.32 Å². The lowest BCUT2D eigenvalue weighted by Gasteiger charge is -2.23. The Morgan fingerprint density at radius 3 is 2.00 bits per heavy atom. The molecule has 18 heavy (non-hydrogen) atoms. The van der Waals surface area contributed by atoms with Crippen molar-refractivity contribution in [3.05, 3.63) is 0 Å². The Hall–Kier alpha value is -0.0400. The Kier molecular flexibility index (Phi) is 7.97. The highest BCUT2D eigenvalue weighted by Gasteiger charge is 2.15. The minimum atomic E-state index is 0.744. The van der Waals surface area contributed by atoms with Gasteiger partial charge in [0.1, 0.15) is 0 Å². The largest absolute Gasteiger partial charge is 0.314 e. The summed E-state index contributed by atoms with van der Waals surface area (Å²) in [5.41, 5.74) is 0. The van der Waals surface area contributed by atoms with Crippen LogP contribution in [0.15, 0.2) is 0 Å². The fourth-order valence-electron chi connectivity index (χ4n) is 3.40. The van der Waals surface area contributed by atoms with Gasteiger partial charge in [-0.15, -0.1) is 0 Å². The van der Waals surface area contributed by atoms with Gasteiger partial charge in [-0.2, -0.15) is 0 Å². The van der Waals surface area contributed by atoms with Gasteiger partial charge in [-0.3, -0.25) is 0 Å². The lowest BCUT2D eigenvalue weighted by Crippen LogP contribution is -2.32. The number of nitrogens with one attached hydrogen (secondary N) is 1. The third-order valence-electron chi connectivity index (χ3n) is 4.21. The molecule has 0 aromatic carbocycles. The molecular formula is C17H35N. The van der Waals surface area contributed by atoms with E-state index in [0.29, 0.717) is 0 Å². The molecule has 1 heteroatoms. The van der Waals surface area contributed by atoms with Crippen LogP contribution in [0.4, 0.5) is 0 Å². The van der Waals surface area contributed by atoms with E-state index in [4.69, 9.17) is 0 Å². The Bertz CT molecular complexity index is 182. The topological polar surface area (TPSA) is 12.0 Å². The first-order chi connectivity index (χ1) is 8.58. The molecule has 1 rings (SSSR count). The van der Waals surface area contributed by atoms with Gasteiger partial charge >= 0.3 is 0 Å². The molecule has 0 amide bonds. The molecule has 0 bridgehead atoms. The van der Waals surface area contributed by atoms with Gasteiger partial charge in [0.05, 0.1) is 0 Å². The molecule has 0 spiro atoms. The van der Waals surface area contributed by atoms with Crippen LogP contribution in [0.2, 0.25) is 0 Å². The molecule has 0 aliphatic heterocycles. The fourth-order valence-corrected chi connectivity index (χ4v) is 3.40. The van der Waals surface area contributed by atoms with E-state index >= 15 is 0 Å². The van der Waals surface area contributed by atoms with Gasteiger partial charge in [-0.1, -0.05) is 53.4 Å². The van der Waals surface area contributed by atoms with Crippen LogP contribution in [0.1, 0.15) is 79.1 Å². The van der Waals surface area contributed by atoms with E-state index in [1.165, 1.54) is 57.9 Å². The number of hydrogen-bond acceptors (Lipinski definition) is 1. The highest BCUT2D eigenvalue weighted by atomic mass is 14.9. The van der Waals surface area contributed by atoms with Crippen LogP contribution in [0.5, 0.6) is 0 Å². The van der Waals surface area contributed by atoms with Crippen LogP contribution in [0, 0.1) is 17.8 Å². The third-order valence-corrected chi connectivity index (χ3v) is 4.21. The second-order valence-corrected chi connectivity index (χ2v) is 7.20. The second-order valence-electron chi connectivity index (χ2n) is 7.20. The zero-order chi connectivity index (χ0) is 13.4. The van der Waals surface area contributed by atoms with Crippen molar-refractivity contribution in [3.8, 4) is 0 Å². The molecule has 0 saturated heterocycles.